The zero-order chi connectivity index (χ0) is 19.8. The molecule has 0 radical (unpaired) electrons. The molecule has 0 unspecified atom stereocenters. The van der Waals surface area contributed by atoms with Crippen LogP contribution in [0, 0.1) is 10.1 Å². The van der Waals surface area contributed by atoms with Gasteiger partial charge in [0, 0.05) is 12.6 Å². The predicted molar refractivity (Wildman–Crippen MR) is 98.1 cm³/mol. The molecule has 0 aliphatic carbocycles. The number of esters is 1. The number of methoxy groups -OCH3 is 1. The Morgan fingerprint density at radius 3 is 2.52 bits per heavy atom. The van der Waals surface area contributed by atoms with Crippen LogP contribution in [0.25, 0.3) is 0 Å². The first-order valence-corrected chi connectivity index (χ1v) is 8.29. The largest absolute Gasteiger partial charge is 0.497 e. The van der Waals surface area contributed by atoms with Crippen LogP contribution < -0.4 is 10.1 Å². The number of hydrogen-bond acceptors (Lipinski definition) is 6. The first kappa shape index (κ1) is 20.2. The maximum Gasteiger partial charge on any atom is 0.338 e. The molecule has 1 N–H and O–H groups in total. The summed E-state index contributed by atoms with van der Waals surface area (Å²) < 4.78 is 9.93. The first-order valence-electron chi connectivity index (χ1n) is 7.91. The molecular weight excluding hydrogens is 376 g/mol. The number of carbonyl (C=O) groups excluding carboxylic acids is 2. The number of nitro groups is 1. The number of nitrogens with one attached hydrogen (secondary N) is 1. The number of nitrogens with zero attached hydrogens (tertiary/aromatic N) is 1. The van der Waals surface area contributed by atoms with Gasteiger partial charge in [0.15, 0.2) is 6.61 Å². The number of benzene rings is 2. The van der Waals surface area contributed by atoms with Crippen LogP contribution >= 0.6 is 11.6 Å². The normalized spacial score (nSPS) is 10.1. The highest BCUT2D eigenvalue weighted by molar-refractivity contribution is 6.32. The molecule has 1 amide bonds. The van der Waals surface area contributed by atoms with Crippen LogP contribution in [-0.2, 0) is 16.0 Å². The Kier molecular flexibility index (Phi) is 7.13. The lowest BCUT2D eigenvalue weighted by atomic mass is 10.1. The average Bonchev–Trinajstić information content (AvgIpc) is 2.66. The van der Waals surface area contributed by atoms with Gasteiger partial charge in [-0.15, -0.1) is 0 Å². The van der Waals surface area contributed by atoms with Crippen molar-refractivity contribution in [2.75, 3.05) is 20.3 Å². The van der Waals surface area contributed by atoms with E-state index in [1.54, 1.807) is 7.11 Å². The minimum absolute atomic E-state index is 0.0582. The fourth-order valence-electron chi connectivity index (χ4n) is 2.18. The number of amides is 1. The van der Waals surface area contributed by atoms with E-state index in [4.69, 9.17) is 21.1 Å². The summed E-state index contributed by atoms with van der Waals surface area (Å²) in [5, 5.41) is 13.4. The number of nitro benzene ring substituents is 1. The van der Waals surface area contributed by atoms with Gasteiger partial charge in [-0.05, 0) is 36.2 Å². The Hall–Kier alpha value is -3.13. The van der Waals surface area contributed by atoms with Gasteiger partial charge in [-0.1, -0.05) is 23.7 Å². The molecule has 2 aromatic carbocycles. The quantitative estimate of drug-likeness (QED) is 0.420. The Bertz CT molecular complexity index is 838. The Morgan fingerprint density at radius 1 is 1.19 bits per heavy atom. The van der Waals surface area contributed by atoms with Gasteiger partial charge in [0.05, 0.1) is 17.6 Å². The van der Waals surface area contributed by atoms with Crippen molar-refractivity contribution in [1.82, 2.24) is 5.32 Å². The number of halogens is 1. The number of carbonyl (C=O) groups is 2. The van der Waals surface area contributed by atoms with Gasteiger partial charge < -0.3 is 14.8 Å². The molecule has 0 aromatic heterocycles. The van der Waals surface area contributed by atoms with E-state index in [1.165, 1.54) is 12.1 Å². The van der Waals surface area contributed by atoms with Gasteiger partial charge in [0.1, 0.15) is 10.8 Å². The number of rotatable bonds is 8. The van der Waals surface area contributed by atoms with E-state index in [0.29, 0.717) is 13.0 Å². The molecule has 0 aliphatic rings. The molecule has 8 nitrogen and oxygen atoms in total. The van der Waals surface area contributed by atoms with E-state index < -0.39 is 29.1 Å². The van der Waals surface area contributed by atoms with Crippen molar-refractivity contribution in [3.63, 3.8) is 0 Å². The standard InChI is InChI=1S/C18H17ClN2O6/c1-26-14-5-2-12(3-6-14)8-9-20-17(22)11-27-18(23)13-4-7-15(19)16(10-13)21(24)25/h2-7,10H,8-9,11H2,1H3,(H,20,22). The Labute approximate surface area is 160 Å². The maximum atomic E-state index is 11.9. The third-order valence-corrected chi connectivity index (χ3v) is 3.93. The maximum absolute atomic E-state index is 11.9. The molecule has 0 aliphatic heterocycles. The van der Waals surface area contributed by atoms with Crippen molar-refractivity contribution < 1.29 is 24.0 Å². The van der Waals surface area contributed by atoms with Gasteiger partial charge >= 0.3 is 5.97 Å². The van der Waals surface area contributed by atoms with Crippen molar-refractivity contribution in [2.45, 2.75) is 6.42 Å². The predicted octanol–water partition coefficient (Wildman–Crippen LogP) is 2.77. The molecule has 0 saturated heterocycles. The van der Waals surface area contributed by atoms with Gasteiger partial charge in [-0.3, -0.25) is 14.9 Å². The summed E-state index contributed by atoms with van der Waals surface area (Å²) in [6.45, 7) is -0.118. The second kappa shape index (κ2) is 9.54. The lowest BCUT2D eigenvalue weighted by Crippen LogP contribution is -2.30. The molecule has 0 bridgehead atoms. The van der Waals surface area contributed by atoms with Crippen molar-refractivity contribution in [2.24, 2.45) is 0 Å². The summed E-state index contributed by atoms with van der Waals surface area (Å²) in [7, 11) is 1.58. The second-order valence-corrected chi connectivity index (χ2v) is 5.85. The van der Waals surface area contributed by atoms with Crippen LogP contribution in [0.5, 0.6) is 5.75 Å². The summed E-state index contributed by atoms with van der Waals surface area (Å²) in [5.74, 6) is -0.572. The summed E-state index contributed by atoms with van der Waals surface area (Å²) in [4.78, 5) is 33.8. The molecule has 0 spiro atoms. The number of hydrogen-bond donors (Lipinski definition) is 1. The smallest absolute Gasteiger partial charge is 0.338 e. The van der Waals surface area contributed by atoms with Gasteiger partial charge in [0.25, 0.3) is 11.6 Å². The van der Waals surface area contributed by atoms with Crippen LogP contribution in [-0.4, -0.2) is 37.1 Å². The summed E-state index contributed by atoms with van der Waals surface area (Å²) in [6, 6.07) is 10.9. The van der Waals surface area contributed by atoms with E-state index in [1.807, 2.05) is 24.3 Å². The van der Waals surface area contributed by atoms with Crippen molar-refractivity contribution in [1.29, 1.82) is 0 Å². The van der Waals surface area contributed by atoms with E-state index in [2.05, 4.69) is 5.32 Å². The zero-order valence-corrected chi connectivity index (χ0v) is 15.2. The zero-order valence-electron chi connectivity index (χ0n) is 14.4. The van der Waals surface area contributed by atoms with Gasteiger partial charge in [-0.25, -0.2) is 4.79 Å². The van der Waals surface area contributed by atoms with Crippen LogP contribution in [0.15, 0.2) is 42.5 Å². The third-order valence-electron chi connectivity index (χ3n) is 3.61. The summed E-state index contributed by atoms with van der Waals surface area (Å²) in [6.07, 6.45) is 0.604. The van der Waals surface area contributed by atoms with Gasteiger partial charge in [0.2, 0.25) is 0 Å². The summed E-state index contributed by atoms with van der Waals surface area (Å²) >= 11 is 5.68. The first-order chi connectivity index (χ1) is 12.9. The monoisotopic (exact) mass is 392 g/mol. The molecule has 0 fully saturated rings. The third kappa shape index (κ3) is 5.96. The molecule has 2 rings (SSSR count). The van der Waals surface area contributed by atoms with Crippen LogP contribution in [0.2, 0.25) is 5.02 Å². The van der Waals surface area contributed by atoms with Crippen LogP contribution in [0.1, 0.15) is 15.9 Å². The highest BCUT2D eigenvalue weighted by Gasteiger charge is 2.17. The topological polar surface area (TPSA) is 108 Å². The number of ether oxygens (including phenoxy) is 2. The van der Waals surface area contributed by atoms with Gasteiger partial charge in [-0.2, -0.15) is 0 Å². The highest BCUT2D eigenvalue weighted by atomic mass is 35.5. The van der Waals surface area contributed by atoms with E-state index in [9.17, 15) is 19.7 Å². The summed E-state index contributed by atoms with van der Waals surface area (Å²) in [5.41, 5.74) is 0.550. The minimum Gasteiger partial charge on any atom is -0.497 e. The van der Waals surface area contributed by atoms with Crippen LogP contribution in [0.4, 0.5) is 5.69 Å². The molecule has 0 saturated carbocycles. The van der Waals surface area contributed by atoms with E-state index in [-0.39, 0.29) is 10.6 Å². The second-order valence-electron chi connectivity index (χ2n) is 5.45. The lowest BCUT2D eigenvalue weighted by molar-refractivity contribution is -0.384. The molecule has 9 heteroatoms. The minimum atomic E-state index is -0.847. The average molecular weight is 393 g/mol. The van der Waals surface area contributed by atoms with Crippen LogP contribution in [0.3, 0.4) is 0 Å². The molecule has 142 valence electrons. The van der Waals surface area contributed by atoms with Crippen molar-refractivity contribution >= 4 is 29.2 Å². The van der Waals surface area contributed by atoms with Crippen molar-refractivity contribution in [3.8, 4) is 5.75 Å². The van der Waals surface area contributed by atoms with Crippen molar-refractivity contribution in [3.05, 3.63) is 68.7 Å². The Balaban J connectivity index is 1.78. The molecule has 0 atom stereocenters. The molecule has 0 heterocycles. The lowest BCUT2D eigenvalue weighted by Gasteiger charge is -2.07. The Morgan fingerprint density at radius 2 is 1.89 bits per heavy atom. The fourth-order valence-corrected chi connectivity index (χ4v) is 2.37. The molecular formula is C18H17ClN2O6. The fraction of sp³-hybridized carbons (Fsp3) is 0.222. The van der Waals surface area contributed by atoms with E-state index >= 15 is 0 Å². The SMILES string of the molecule is COc1ccc(CCNC(=O)COC(=O)c2ccc(Cl)c([N+](=O)[O-])c2)cc1. The molecule has 2 aromatic rings. The van der Waals surface area contributed by atoms with E-state index in [0.717, 1.165) is 17.4 Å². The molecule has 27 heavy (non-hydrogen) atoms. The highest BCUT2D eigenvalue weighted by Crippen LogP contribution is 2.25.